The normalized spacial score (nSPS) is 13.0. The number of nitrogens with zero attached hydrogens (tertiary/aromatic N) is 1. The monoisotopic (exact) mass is 313 g/mol. The quantitative estimate of drug-likeness (QED) is 0.507. The van der Waals surface area contributed by atoms with E-state index in [0.717, 1.165) is 0 Å². The number of hydrogen-bond acceptors (Lipinski definition) is 4. The molecular weight excluding hydrogens is 303 g/mol. The van der Waals surface area contributed by atoms with E-state index in [1.54, 1.807) is 37.6 Å². The lowest BCUT2D eigenvalue weighted by atomic mass is 10.3. The van der Waals surface area contributed by atoms with Gasteiger partial charge in [0.15, 0.2) is 17.3 Å². The summed E-state index contributed by atoms with van der Waals surface area (Å²) in [5, 5.41) is 0.0458. The van der Waals surface area contributed by atoms with Crippen molar-refractivity contribution >= 4 is 23.1 Å². The minimum Gasteiger partial charge on any atom is -0.447 e. The Hall–Kier alpha value is -1.52. The van der Waals surface area contributed by atoms with Crippen molar-refractivity contribution < 1.29 is 18.3 Å². The van der Waals surface area contributed by atoms with Gasteiger partial charge in [0.25, 0.3) is 11.8 Å². The lowest BCUT2D eigenvalue weighted by Crippen LogP contribution is -2.18. The summed E-state index contributed by atoms with van der Waals surface area (Å²) < 4.78 is 38.8. The SMILES string of the molecule is CP(C)(=S)c1c(F)c(F)nc2c1Oc1ccccc1O2. The summed E-state index contributed by atoms with van der Waals surface area (Å²) in [5.74, 6) is -1.45. The van der Waals surface area contributed by atoms with E-state index in [2.05, 4.69) is 4.98 Å². The predicted octanol–water partition coefficient (Wildman–Crippen LogP) is 3.62. The van der Waals surface area contributed by atoms with Crippen LogP contribution in [0.25, 0.3) is 0 Å². The Bertz CT molecular complexity index is 760. The largest absolute Gasteiger partial charge is 0.447 e. The van der Waals surface area contributed by atoms with Gasteiger partial charge in [0.1, 0.15) is 0 Å². The molecule has 1 aliphatic heterocycles. The molecule has 0 radical (unpaired) electrons. The fourth-order valence-electron chi connectivity index (χ4n) is 1.96. The summed E-state index contributed by atoms with van der Waals surface area (Å²) in [6, 6.07) is 4.56. The Balaban J connectivity index is 2.26. The maximum atomic E-state index is 14.0. The summed E-state index contributed by atoms with van der Waals surface area (Å²) >= 11 is 5.32. The van der Waals surface area contributed by atoms with Gasteiger partial charge in [-0.25, -0.2) is 4.39 Å². The Morgan fingerprint density at radius 2 is 1.70 bits per heavy atom. The van der Waals surface area contributed by atoms with Gasteiger partial charge in [-0.05, 0) is 31.5 Å². The van der Waals surface area contributed by atoms with E-state index in [9.17, 15) is 8.78 Å². The molecule has 2 aromatic rings. The second-order valence-electron chi connectivity index (χ2n) is 4.70. The fourth-order valence-corrected chi connectivity index (χ4v) is 3.65. The van der Waals surface area contributed by atoms with Crippen LogP contribution in [-0.4, -0.2) is 18.3 Å². The van der Waals surface area contributed by atoms with Crippen molar-refractivity contribution in [2.24, 2.45) is 0 Å². The number of rotatable bonds is 1. The van der Waals surface area contributed by atoms with Gasteiger partial charge in [0.05, 0.1) is 5.30 Å². The van der Waals surface area contributed by atoms with Gasteiger partial charge in [-0.1, -0.05) is 23.9 Å². The third-order valence-corrected chi connectivity index (χ3v) is 4.83. The van der Waals surface area contributed by atoms with Gasteiger partial charge in [-0.15, -0.1) is 0 Å². The molecule has 0 unspecified atom stereocenters. The average molecular weight is 313 g/mol. The van der Waals surface area contributed by atoms with E-state index in [0.29, 0.717) is 11.5 Å². The van der Waals surface area contributed by atoms with Gasteiger partial charge in [0.2, 0.25) is 5.75 Å². The lowest BCUT2D eigenvalue weighted by Gasteiger charge is -2.24. The number of hydrogen-bond donors (Lipinski definition) is 0. The first kappa shape index (κ1) is 13.5. The maximum absolute atomic E-state index is 14.0. The fraction of sp³-hybridized carbons (Fsp3) is 0.154. The Labute approximate surface area is 119 Å². The van der Waals surface area contributed by atoms with Crippen LogP contribution in [0.2, 0.25) is 0 Å². The van der Waals surface area contributed by atoms with Crippen molar-refractivity contribution in [2.75, 3.05) is 13.3 Å². The molecule has 0 aliphatic carbocycles. The summed E-state index contributed by atoms with van der Waals surface area (Å²) in [7, 11) is 0. The van der Waals surface area contributed by atoms with E-state index < -0.39 is 17.8 Å². The number of ether oxygens (including phenoxy) is 2. The van der Waals surface area contributed by atoms with Crippen LogP contribution in [0.1, 0.15) is 0 Å². The molecule has 7 heteroatoms. The number of fused-ring (bicyclic) bond motifs is 2. The van der Waals surface area contributed by atoms with Gasteiger partial charge in [-0.2, -0.15) is 9.37 Å². The topological polar surface area (TPSA) is 31.4 Å². The molecule has 0 bridgehead atoms. The van der Waals surface area contributed by atoms with Crippen molar-refractivity contribution in [3.63, 3.8) is 0 Å². The molecule has 0 spiro atoms. The van der Waals surface area contributed by atoms with Crippen LogP contribution in [0.5, 0.6) is 23.1 Å². The molecule has 0 amide bonds. The second kappa shape index (κ2) is 4.50. The summed E-state index contributed by atoms with van der Waals surface area (Å²) in [4.78, 5) is 3.47. The van der Waals surface area contributed by atoms with E-state index >= 15 is 0 Å². The molecular formula is C13H10F2NO2PS. The molecule has 0 atom stereocenters. The van der Waals surface area contributed by atoms with E-state index in [1.807, 2.05) is 0 Å². The Morgan fingerprint density at radius 1 is 1.10 bits per heavy atom. The number of benzene rings is 1. The highest BCUT2D eigenvalue weighted by molar-refractivity contribution is 8.17. The molecule has 0 fully saturated rings. The van der Waals surface area contributed by atoms with Gasteiger partial charge in [-0.3, -0.25) is 0 Å². The number of aromatic nitrogens is 1. The predicted molar refractivity (Wildman–Crippen MR) is 76.5 cm³/mol. The molecule has 1 aromatic heterocycles. The maximum Gasteiger partial charge on any atom is 0.266 e. The van der Waals surface area contributed by atoms with E-state index in [-0.39, 0.29) is 16.9 Å². The molecule has 3 rings (SSSR count). The molecule has 104 valence electrons. The number of para-hydroxylation sites is 2. The summed E-state index contributed by atoms with van der Waals surface area (Å²) in [6.07, 6.45) is 0. The van der Waals surface area contributed by atoms with Crippen LogP contribution in [0.4, 0.5) is 8.78 Å². The minimum absolute atomic E-state index is 0.0458. The first-order chi connectivity index (χ1) is 9.38. The zero-order chi connectivity index (χ0) is 14.5. The molecule has 1 aromatic carbocycles. The average Bonchev–Trinajstić information content (AvgIpc) is 2.36. The van der Waals surface area contributed by atoms with Crippen LogP contribution >= 0.6 is 6.04 Å². The van der Waals surface area contributed by atoms with Crippen molar-refractivity contribution in [1.82, 2.24) is 4.98 Å². The van der Waals surface area contributed by atoms with Gasteiger partial charge < -0.3 is 9.47 Å². The third kappa shape index (κ3) is 2.09. The number of halogens is 2. The highest BCUT2D eigenvalue weighted by Crippen LogP contribution is 2.49. The summed E-state index contributed by atoms with van der Waals surface area (Å²) in [5.41, 5.74) is 0. The highest BCUT2D eigenvalue weighted by atomic mass is 32.4. The highest BCUT2D eigenvalue weighted by Gasteiger charge is 2.31. The van der Waals surface area contributed by atoms with Crippen LogP contribution in [0.3, 0.4) is 0 Å². The smallest absolute Gasteiger partial charge is 0.266 e. The second-order valence-corrected chi connectivity index (χ2v) is 10.6. The van der Waals surface area contributed by atoms with Crippen LogP contribution in [0, 0.1) is 11.8 Å². The molecule has 0 saturated heterocycles. The molecule has 0 N–H and O–H groups in total. The van der Waals surface area contributed by atoms with E-state index in [1.165, 1.54) is 0 Å². The Kier molecular flexibility index (Phi) is 3.03. The Morgan fingerprint density at radius 3 is 2.30 bits per heavy atom. The standard InChI is InChI=1S/C13H10F2NO2PS/c1-19(2,20)11-9(14)12(15)16-13-10(11)17-7-5-3-4-6-8(7)18-13/h3-6H,1-2H3. The first-order valence-corrected chi connectivity index (χ1v) is 9.47. The zero-order valence-electron chi connectivity index (χ0n) is 10.7. The number of pyridine rings is 1. The molecule has 3 nitrogen and oxygen atoms in total. The van der Waals surface area contributed by atoms with Crippen molar-refractivity contribution in [3.8, 4) is 23.1 Å². The van der Waals surface area contributed by atoms with Crippen LogP contribution in [0.15, 0.2) is 24.3 Å². The zero-order valence-corrected chi connectivity index (χ0v) is 12.4. The van der Waals surface area contributed by atoms with Crippen LogP contribution < -0.4 is 14.8 Å². The minimum atomic E-state index is -2.28. The van der Waals surface area contributed by atoms with Crippen molar-refractivity contribution in [3.05, 3.63) is 36.0 Å². The first-order valence-electron chi connectivity index (χ1n) is 5.77. The molecule has 1 aliphatic rings. The third-order valence-electron chi connectivity index (χ3n) is 2.80. The van der Waals surface area contributed by atoms with Crippen LogP contribution in [-0.2, 0) is 11.8 Å². The molecule has 2 heterocycles. The molecule has 20 heavy (non-hydrogen) atoms. The van der Waals surface area contributed by atoms with Gasteiger partial charge in [0, 0.05) is 0 Å². The van der Waals surface area contributed by atoms with Gasteiger partial charge >= 0.3 is 0 Å². The lowest BCUT2D eigenvalue weighted by molar-refractivity contribution is 0.336. The van der Waals surface area contributed by atoms with Crippen molar-refractivity contribution in [1.29, 1.82) is 0 Å². The van der Waals surface area contributed by atoms with Crippen molar-refractivity contribution in [2.45, 2.75) is 0 Å². The summed E-state index contributed by atoms with van der Waals surface area (Å²) in [6.45, 7) is 3.40. The van der Waals surface area contributed by atoms with E-state index in [4.69, 9.17) is 21.3 Å². The molecule has 0 saturated carbocycles.